The molecule has 1 aliphatic heterocycles. The van der Waals surface area contributed by atoms with Crippen molar-refractivity contribution in [2.24, 2.45) is 0 Å². The fourth-order valence-electron chi connectivity index (χ4n) is 4.12. The maximum Gasteiger partial charge on any atom is 0.349 e. The fraction of sp³-hybridized carbons (Fsp3) is 0.280. The van der Waals surface area contributed by atoms with Gasteiger partial charge in [-0.3, -0.25) is 4.79 Å². The van der Waals surface area contributed by atoms with Gasteiger partial charge >= 0.3 is 5.97 Å². The number of hydrogen-bond acceptors (Lipinski definition) is 7. The number of nitrogens with one attached hydrogen (secondary N) is 1. The van der Waals surface area contributed by atoms with Crippen molar-refractivity contribution in [3.63, 3.8) is 0 Å². The molecule has 0 spiro atoms. The zero-order valence-corrected chi connectivity index (χ0v) is 23.5. The standard InChI is InChI=1S/C25H24BrClN2O6S2/c26-21-22(35-13-12-30)24(25(31)32)36-23(21)17-2-1-3-20(14-17)28-19-8-10-29(11-9-19)37(33,34)15-16-4-6-18(27)7-5-16/h1-7,12,14,19,28H,8-11,13,15H2,(H,31,32). The quantitative estimate of drug-likeness (QED) is 0.285. The van der Waals surface area contributed by atoms with E-state index in [-0.39, 0.29) is 29.0 Å². The fourth-order valence-corrected chi connectivity index (χ4v) is 7.69. The van der Waals surface area contributed by atoms with Gasteiger partial charge in [0, 0.05) is 29.8 Å². The summed E-state index contributed by atoms with van der Waals surface area (Å²) < 4.78 is 33.1. The maximum absolute atomic E-state index is 12.9. The molecule has 3 aromatic rings. The number of thiophene rings is 1. The maximum atomic E-state index is 12.9. The number of rotatable bonds is 10. The highest BCUT2D eigenvalue weighted by Crippen LogP contribution is 2.46. The smallest absolute Gasteiger partial charge is 0.349 e. The molecule has 0 saturated carbocycles. The molecule has 1 saturated heterocycles. The van der Waals surface area contributed by atoms with Crippen molar-refractivity contribution < 1.29 is 27.9 Å². The SMILES string of the molecule is O=CCOc1c(C(=O)O)sc(-c2cccc(NC3CCN(S(=O)(=O)Cc4ccc(Cl)cc4)CC3)c2)c1Br. The zero-order chi connectivity index (χ0) is 26.6. The van der Waals surface area contributed by atoms with Crippen LogP contribution in [0.3, 0.4) is 0 Å². The second kappa shape index (κ2) is 12.0. The molecule has 1 fully saturated rings. The lowest BCUT2D eigenvalue weighted by Crippen LogP contribution is -2.42. The average Bonchev–Trinajstić information content (AvgIpc) is 3.21. The molecule has 2 aromatic carbocycles. The Labute approximate surface area is 232 Å². The third-order valence-electron chi connectivity index (χ3n) is 5.90. The average molecular weight is 628 g/mol. The van der Waals surface area contributed by atoms with Gasteiger partial charge in [-0.15, -0.1) is 11.3 Å². The molecule has 2 heterocycles. The lowest BCUT2D eigenvalue weighted by atomic mass is 10.1. The first-order chi connectivity index (χ1) is 17.7. The van der Waals surface area contributed by atoms with Gasteiger partial charge in [0.2, 0.25) is 10.0 Å². The van der Waals surface area contributed by atoms with Crippen molar-refractivity contribution in [3.05, 3.63) is 68.5 Å². The molecule has 8 nitrogen and oxygen atoms in total. The number of benzene rings is 2. The number of halogens is 2. The van der Waals surface area contributed by atoms with Gasteiger partial charge in [-0.1, -0.05) is 35.9 Å². The predicted octanol–water partition coefficient (Wildman–Crippen LogP) is 5.51. The summed E-state index contributed by atoms with van der Waals surface area (Å²) in [6, 6.07) is 14.5. The van der Waals surface area contributed by atoms with Crippen molar-refractivity contribution in [1.29, 1.82) is 0 Å². The molecule has 0 bridgehead atoms. The number of carbonyl (C=O) groups is 2. The van der Waals surface area contributed by atoms with Crippen molar-refractivity contribution in [2.75, 3.05) is 25.0 Å². The van der Waals surface area contributed by atoms with Gasteiger partial charge in [0.05, 0.1) is 15.1 Å². The van der Waals surface area contributed by atoms with E-state index in [1.807, 2.05) is 24.3 Å². The Balaban J connectivity index is 1.42. The van der Waals surface area contributed by atoms with E-state index in [2.05, 4.69) is 21.2 Å². The number of aromatic carboxylic acids is 1. The first-order valence-corrected chi connectivity index (χ1v) is 15.0. The predicted molar refractivity (Wildman–Crippen MR) is 148 cm³/mol. The number of ether oxygens (including phenoxy) is 1. The summed E-state index contributed by atoms with van der Waals surface area (Å²) in [5.41, 5.74) is 2.33. The number of nitrogens with zero attached hydrogens (tertiary/aromatic N) is 1. The molecule has 37 heavy (non-hydrogen) atoms. The van der Waals surface area contributed by atoms with Gasteiger partial charge in [0.25, 0.3) is 0 Å². The van der Waals surface area contributed by atoms with E-state index in [9.17, 15) is 23.1 Å². The Hall–Kier alpha value is -2.44. The van der Waals surface area contributed by atoms with Crippen LogP contribution in [0, 0.1) is 0 Å². The molecule has 1 aliphatic rings. The van der Waals surface area contributed by atoms with Crippen molar-refractivity contribution in [2.45, 2.75) is 24.6 Å². The molecule has 0 amide bonds. The molecule has 0 atom stereocenters. The topological polar surface area (TPSA) is 113 Å². The third-order valence-corrected chi connectivity index (χ3v) is 10.2. The summed E-state index contributed by atoms with van der Waals surface area (Å²) in [5.74, 6) is -1.06. The number of anilines is 1. The van der Waals surface area contributed by atoms with Crippen LogP contribution >= 0.6 is 38.9 Å². The second-order valence-electron chi connectivity index (χ2n) is 8.47. The highest BCUT2D eigenvalue weighted by atomic mass is 79.9. The van der Waals surface area contributed by atoms with E-state index in [0.29, 0.717) is 52.2 Å². The summed E-state index contributed by atoms with van der Waals surface area (Å²) in [4.78, 5) is 23.1. The molecular weight excluding hydrogens is 604 g/mol. The molecule has 0 unspecified atom stereocenters. The van der Waals surface area contributed by atoms with Crippen LogP contribution in [0.4, 0.5) is 5.69 Å². The molecule has 0 radical (unpaired) electrons. The normalized spacial score (nSPS) is 14.9. The minimum Gasteiger partial charge on any atom is -0.483 e. The second-order valence-corrected chi connectivity index (χ2v) is 12.7. The number of sulfonamides is 1. The van der Waals surface area contributed by atoms with Crippen LogP contribution in [-0.4, -0.2) is 55.8 Å². The molecule has 4 rings (SSSR count). The van der Waals surface area contributed by atoms with Gasteiger partial charge in [-0.2, -0.15) is 0 Å². The van der Waals surface area contributed by atoms with Crippen molar-refractivity contribution in [3.8, 4) is 16.2 Å². The molecule has 2 N–H and O–H groups in total. The summed E-state index contributed by atoms with van der Waals surface area (Å²) in [6.07, 6.45) is 1.87. The number of carboxylic acid groups (broad SMARTS) is 1. The van der Waals surface area contributed by atoms with E-state index in [4.69, 9.17) is 16.3 Å². The Morgan fingerprint density at radius 2 is 1.92 bits per heavy atom. The number of hydrogen-bond donors (Lipinski definition) is 2. The lowest BCUT2D eigenvalue weighted by molar-refractivity contribution is -0.109. The number of carbonyl (C=O) groups excluding carboxylic acids is 1. The Kier molecular flexibility index (Phi) is 8.91. The summed E-state index contributed by atoms with van der Waals surface area (Å²) in [5, 5.41) is 13.6. The van der Waals surface area contributed by atoms with Gasteiger partial charge in [0.15, 0.2) is 16.9 Å². The van der Waals surface area contributed by atoms with Crippen LogP contribution in [0.25, 0.3) is 10.4 Å². The highest BCUT2D eigenvalue weighted by Gasteiger charge is 2.28. The highest BCUT2D eigenvalue weighted by molar-refractivity contribution is 9.10. The van der Waals surface area contributed by atoms with Gasteiger partial charge in [0.1, 0.15) is 6.61 Å². The first-order valence-electron chi connectivity index (χ1n) is 11.4. The Morgan fingerprint density at radius 1 is 1.22 bits per heavy atom. The third kappa shape index (κ3) is 6.71. The molecule has 196 valence electrons. The van der Waals surface area contributed by atoms with Gasteiger partial charge < -0.3 is 15.2 Å². The first kappa shape index (κ1) is 27.6. The number of piperidine rings is 1. The van der Waals surface area contributed by atoms with Crippen LogP contribution in [0.5, 0.6) is 5.75 Å². The minimum atomic E-state index is -3.43. The van der Waals surface area contributed by atoms with Crippen LogP contribution in [0.2, 0.25) is 5.02 Å². The monoisotopic (exact) mass is 626 g/mol. The Bertz CT molecular complexity index is 1390. The van der Waals surface area contributed by atoms with Crippen molar-refractivity contribution in [1.82, 2.24) is 4.31 Å². The van der Waals surface area contributed by atoms with Gasteiger partial charge in [-0.05, 0) is 64.2 Å². The zero-order valence-electron chi connectivity index (χ0n) is 19.5. The van der Waals surface area contributed by atoms with E-state index in [1.165, 1.54) is 4.31 Å². The van der Waals surface area contributed by atoms with Crippen LogP contribution in [0.15, 0.2) is 53.0 Å². The van der Waals surface area contributed by atoms with Crippen LogP contribution in [0.1, 0.15) is 28.1 Å². The molecular formula is C25H24BrClN2O6S2. The number of carboxylic acids is 1. The largest absolute Gasteiger partial charge is 0.483 e. The van der Waals surface area contributed by atoms with E-state index in [0.717, 1.165) is 22.6 Å². The minimum absolute atomic E-state index is 0.00858. The van der Waals surface area contributed by atoms with Gasteiger partial charge in [-0.25, -0.2) is 17.5 Å². The van der Waals surface area contributed by atoms with E-state index < -0.39 is 16.0 Å². The lowest BCUT2D eigenvalue weighted by Gasteiger charge is -2.32. The Morgan fingerprint density at radius 3 is 2.57 bits per heavy atom. The van der Waals surface area contributed by atoms with Crippen LogP contribution < -0.4 is 10.1 Å². The molecule has 0 aliphatic carbocycles. The summed E-state index contributed by atoms with van der Waals surface area (Å²) in [6.45, 7) is 0.594. The molecule has 12 heteroatoms. The van der Waals surface area contributed by atoms with E-state index >= 15 is 0 Å². The number of aldehydes is 1. The van der Waals surface area contributed by atoms with E-state index in [1.54, 1.807) is 24.3 Å². The summed E-state index contributed by atoms with van der Waals surface area (Å²) in [7, 11) is -3.43. The van der Waals surface area contributed by atoms with Crippen molar-refractivity contribution >= 4 is 66.8 Å². The summed E-state index contributed by atoms with van der Waals surface area (Å²) >= 11 is 10.4. The molecule has 1 aromatic heterocycles. The van der Waals surface area contributed by atoms with Crippen LogP contribution in [-0.2, 0) is 20.6 Å².